The average molecular weight is 208 g/mol. The van der Waals surface area contributed by atoms with Crippen LogP contribution < -0.4 is 4.74 Å². The van der Waals surface area contributed by atoms with Gasteiger partial charge in [0.2, 0.25) is 0 Å². The van der Waals surface area contributed by atoms with E-state index in [1.165, 1.54) is 13.8 Å². The molecule has 0 heterocycles. The van der Waals surface area contributed by atoms with Gasteiger partial charge in [-0.25, -0.2) is 4.79 Å². The molecule has 4 nitrogen and oxygen atoms in total. The molecule has 1 atom stereocenters. The largest absolute Gasteiger partial charge is 0.479 e. The Bertz CT molecular complexity index is 384. The molecule has 0 fully saturated rings. The molecule has 0 unspecified atom stereocenters. The van der Waals surface area contributed by atoms with Gasteiger partial charge in [-0.1, -0.05) is 12.1 Å². The fraction of sp³-hybridized carbons (Fsp3) is 0.273. The van der Waals surface area contributed by atoms with Crippen molar-refractivity contribution in [2.45, 2.75) is 20.0 Å². The van der Waals surface area contributed by atoms with E-state index in [1.807, 2.05) is 0 Å². The van der Waals surface area contributed by atoms with Crippen LogP contribution in [0.3, 0.4) is 0 Å². The van der Waals surface area contributed by atoms with Gasteiger partial charge in [0.05, 0.1) is 5.56 Å². The second kappa shape index (κ2) is 4.59. The van der Waals surface area contributed by atoms with Crippen molar-refractivity contribution >= 4 is 11.8 Å². The summed E-state index contributed by atoms with van der Waals surface area (Å²) in [5.41, 5.74) is 0.394. The minimum atomic E-state index is -1.06. The first-order valence-corrected chi connectivity index (χ1v) is 4.52. The molecule has 1 aromatic rings. The molecule has 80 valence electrons. The second-order valence-corrected chi connectivity index (χ2v) is 3.15. The highest BCUT2D eigenvalue weighted by Gasteiger charge is 2.15. The molecule has 0 spiro atoms. The topological polar surface area (TPSA) is 63.6 Å². The lowest BCUT2D eigenvalue weighted by Gasteiger charge is -2.12. The van der Waals surface area contributed by atoms with Gasteiger partial charge >= 0.3 is 5.97 Å². The SMILES string of the molecule is CC(=O)c1ccccc1O[C@@H](C)C(=O)O. The Balaban J connectivity index is 2.94. The Kier molecular flexibility index (Phi) is 3.44. The van der Waals surface area contributed by atoms with E-state index in [1.54, 1.807) is 24.3 Å². The lowest BCUT2D eigenvalue weighted by atomic mass is 10.1. The number of ether oxygens (including phenoxy) is 1. The van der Waals surface area contributed by atoms with Gasteiger partial charge in [0.25, 0.3) is 0 Å². The Hall–Kier alpha value is -1.84. The van der Waals surface area contributed by atoms with Crippen LogP contribution in [0, 0.1) is 0 Å². The van der Waals surface area contributed by atoms with Gasteiger partial charge in [-0.05, 0) is 26.0 Å². The Morgan fingerprint density at radius 1 is 1.33 bits per heavy atom. The summed E-state index contributed by atoms with van der Waals surface area (Å²) in [4.78, 5) is 21.8. The summed E-state index contributed by atoms with van der Waals surface area (Å²) in [7, 11) is 0. The average Bonchev–Trinajstić information content (AvgIpc) is 2.18. The van der Waals surface area contributed by atoms with E-state index in [0.29, 0.717) is 11.3 Å². The van der Waals surface area contributed by atoms with Crippen molar-refractivity contribution in [2.75, 3.05) is 0 Å². The number of carbonyl (C=O) groups is 2. The Morgan fingerprint density at radius 2 is 1.93 bits per heavy atom. The van der Waals surface area contributed by atoms with Gasteiger partial charge in [0, 0.05) is 0 Å². The number of ketones is 1. The number of Topliss-reactive ketones (excluding diaryl/α,β-unsaturated/α-hetero) is 1. The molecule has 0 amide bonds. The van der Waals surface area contributed by atoms with E-state index in [4.69, 9.17) is 9.84 Å². The second-order valence-electron chi connectivity index (χ2n) is 3.15. The van der Waals surface area contributed by atoms with Crippen LogP contribution in [0.15, 0.2) is 24.3 Å². The fourth-order valence-electron chi connectivity index (χ4n) is 1.10. The molecule has 0 aliphatic heterocycles. The normalized spacial score (nSPS) is 11.9. The molecule has 0 radical (unpaired) electrons. The van der Waals surface area contributed by atoms with Crippen LogP contribution in [-0.2, 0) is 4.79 Å². The molecule has 1 N–H and O–H groups in total. The lowest BCUT2D eigenvalue weighted by Crippen LogP contribution is -2.23. The van der Waals surface area contributed by atoms with Gasteiger partial charge in [0.15, 0.2) is 11.9 Å². The highest BCUT2D eigenvalue weighted by molar-refractivity contribution is 5.96. The number of hydrogen-bond acceptors (Lipinski definition) is 3. The first kappa shape index (κ1) is 11.2. The number of benzene rings is 1. The van der Waals surface area contributed by atoms with Gasteiger partial charge in [0.1, 0.15) is 5.75 Å². The first-order chi connectivity index (χ1) is 7.02. The van der Waals surface area contributed by atoms with Crippen LogP contribution in [0.4, 0.5) is 0 Å². The van der Waals surface area contributed by atoms with E-state index in [2.05, 4.69) is 0 Å². The minimum Gasteiger partial charge on any atom is -0.479 e. The van der Waals surface area contributed by atoms with Crippen molar-refractivity contribution in [1.29, 1.82) is 0 Å². The van der Waals surface area contributed by atoms with Crippen molar-refractivity contribution in [3.05, 3.63) is 29.8 Å². The molecule has 4 heteroatoms. The van der Waals surface area contributed by atoms with Crippen molar-refractivity contribution in [3.8, 4) is 5.75 Å². The standard InChI is InChI=1S/C11H12O4/c1-7(12)9-5-3-4-6-10(9)15-8(2)11(13)14/h3-6,8H,1-2H3,(H,13,14)/t8-/m0/s1. The predicted molar refractivity (Wildman–Crippen MR) is 54.2 cm³/mol. The third-order valence-electron chi connectivity index (χ3n) is 1.92. The van der Waals surface area contributed by atoms with E-state index in [-0.39, 0.29) is 5.78 Å². The van der Waals surface area contributed by atoms with Gasteiger partial charge in [-0.3, -0.25) is 4.79 Å². The summed E-state index contributed by atoms with van der Waals surface area (Å²) >= 11 is 0. The first-order valence-electron chi connectivity index (χ1n) is 4.52. The predicted octanol–water partition coefficient (Wildman–Crippen LogP) is 1.74. The maximum absolute atomic E-state index is 11.2. The quantitative estimate of drug-likeness (QED) is 0.765. The van der Waals surface area contributed by atoms with Crippen molar-refractivity contribution in [1.82, 2.24) is 0 Å². The summed E-state index contributed by atoms with van der Waals surface area (Å²) in [5, 5.41) is 8.66. The lowest BCUT2D eigenvalue weighted by molar-refractivity contribution is -0.144. The Morgan fingerprint density at radius 3 is 2.47 bits per heavy atom. The summed E-state index contributed by atoms with van der Waals surface area (Å²) < 4.78 is 5.15. The molecule has 0 saturated carbocycles. The molecule has 0 bridgehead atoms. The molecule has 0 aliphatic carbocycles. The van der Waals surface area contributed by atoms with Crippen LogP contribution in [0.5, 0.6) is 5.75 Å². The van der Waals surface area contributed by atoms with E-state index < -0.39 is 12.1 Å². The molecular weight excluding hydrogens is 196 g/mol. The van der Waals surface area contributed by atoms with E-state index in [9.17, 15) is 9.59 Å². The van der Waals surface area contributed by atoms with Gasteiger partial charge in [-0.2, -0.15) is 0 Å². The number of carboxylic acid groups (broad SMARTS) is 1. The zero-order valence-corrected chi connectivity index (χ0v) is 8.56. The third-order valence-corrected chi connectivity index (χ3v) is 1.92. The minimum absolute atomic E-state index is 0.150. The van der Waals surface area contributed by atoms with Crippen molar-refractivity contribution in [2.24, 2.45) is 0 Å². The van der Waals surface area contributed by atoms with Gasteiger partial charge in [-0.15, -0.1) is 0 Å². The summed E-state index contributed by atoms with van der Waals surface area (Å²) in [6, 6.07) is 6.58. The van der Waals surface area contributed by atoms with Gasteiger partial charge < -0.3 is 9.84 Å². The number of aliphatic carboxylic acids is 1. The van der Waals surface area contributed by atoms with Crippen molar-refractivity contribution in [3.63, 3.8) is 0 Å². The van der Waals surface area contributed by atoms with Crippen LogP contribution in [0.2, 0.25) is 0 Å². The van der Waals surface area contributed by atoms with Crippen molar-refractivity contribution < 1.29 is 19.4 Å². The monoisotopic (exact) mass is 208 g/mol. The molecule has 0 aromatic heterocycles. The molecule has 1 aromatic carbocycles. The fourth-order valence-corrected chi connectivity index (χ4v) is 1.10. The number of para-hydroxylation sites is 1. The number of rotatable bonds is 4. The number of carboxylic acids is 1. The maximum Gasteiger partial charge on any atom is 0.344 e. The van der Waals surface area contributed by atoms with E-state index >= 15 is 0 Å². The molecule has 1 rings (SSSR count). The summed E-state index contributed by atoms with van der Waals surface area (Å²) in [5.74, 6) is -0.906. The molecule has 15 heavy (non-hydrogen) atoms. The molecule has 0 aliphatic rings. The number of hydrogen-bond donors (Lipinski definition) is 1. The summed E-state index contributed by atoms with van der Waals surface area (Å²) in [6.07, 6.45) is -0.967. The van der Waals surface area contributed by atoms with E-state index in [0.717, 1.165) is 0 Å². The van der Waals surface area contributed by atoms with Crippen LogP contribution in [0.1, 0.15) is 24.2 Å². The number of carbonyl (C=O) groups excluding carboxylic acids is 1. The molecule has 0 saturated heterocycles. The summed E-state index contributed by atoms with van der Waals surface area (Å²) in [6.45, 7) is 2.83. The maximum atomic E-state index is 11.2. The zero-order valence-electron chi connectivity index (χ0n) is 8.56. The Labute approximate surface area is 87.5 Å². The smallest absolute Gasteiger partial charge is 0.344 e. The highest BCUT2D eigenvalue weighted by Crippen LogP contribution is 2.19. The van der Waals surface area contributed by atoms with Crippen LogP contribution in [0.25, 0.3) is 0 Å². The van der Waals surface area contributed by atoms with Crippen LogP contribution in [-0.4, -0.2) is 23.0 Å². The zero-order chi connectivity index (χ0) is 11.4. The molecular formula is C11H12O4. The van der Waals surface area contributed by atoms with Crippen LogP contribution >= 0.6 is 0 Å². The highest BCUT2D eigenvalue weighted by atomic mass is 16.5. The third kappa shape index (κ3) is 2.80.